The van der Waals surface area contributed by atoms with Gasteiger partial charge < -0.3 is 5.11 Å². The van der Waals surface area contributed by atoms with Gasteiger partial charge in [-0.3, -0.25) is 4.68 Å². The van der Waals surface area contributed by atoms with Crippen LogP contribution in [0.2, 0.25) is 0 Å². The van der Waals surface area contributed by atoms with Gasteiger partial charge in [0.25, 0.3) is 0 Å². The minimum Gasteiger partial charge on any atom is -0.392 e. The molecule has 2 N–H and O–H groups in total. The van der Waals surface area contributed by atoms with Crippen LogP contribution in [0.3, 0.4) is 0 Å². The van der Waals surface area contributed by atoms with Crippen LogP contribution in [0, 0.1) is 5.82 Å². The number of rotatable bonds is 6. The SMILES string of the molecule is CC(Cn1cccn1)NS(=O)(=O)c1ccc(F)c(CO)c1. The van der Waals surface area contributed by atoms with Crippen molar-refractivity contribution in [2.75, 3.05) is 0 Å². The number of sulfonamides is 1. The second-order valence-electron chi connectivity index (χ2n) is 4.66. The summed E-state index contributed by atoms with van der Waals surface area (Å²) < 4.78 is 41.8. The molecule has 1 aromatic carbocycles. The van der Waals surface area contributed by atoms with Gasteiger partial charge in [0, 0.05) is 24.0 Å². The maximum Gasteiger partial charge on any atom is 0.240 e. The summed E-state index contributed by atoms with van der Waals surface area (Å²) in [6, 6.07) is 4.67. The van der Waals surface area contributed by atoms with Crippen LogP contribution in [0.4, 0.5) is 4.39 Å². The summed E-state index contributed by atoms with van der Waals surface area (Å²) >= 11 is 0. The van der Waals surface area contributed by atoms with Gasteiger partial charge in [0.2, 0.25) is 10.0 Å². The van der Waals surface area contributed by atoms with E-state index in [1.54, 1.807) is 30.1 Å². The standard InChI is InChI=1S/C13H16FN3O3S/c1-10(8-17-6-2-5-15-17)16-21(19,20)12-3-4-13(14)11(7-12)9-18/h2-7,10,16,18H,8-9H2,1H3. The Bertz CT molecular complexity index is 701. The van der Waals surface area contributed by atoms with E-state index in [0.717, 1.165) is 18.2 Å². The molecule has 1 aromatic heterocycles. The largest absolute Gasteiger partial charge is 0.392 e. The van der Waals surface area contributed by atoms with E-state index in [1.165, 1.54) is 0 Å². The number of nitrogens with one attached hydrogen (secondary N) is 1. The van der Waals surface area contributed by atoms with Crippen molar-refractivity contribution >= 4 is 10.0 Å². The van der Waals surface area contributed by atoms with Crippen molar-refractivity contribution in [3.63, 3.8) is 0 Å². The Balaban J connectivity index is 2.14. The number of nitrogens with zero attached hydrogens (tertiary/aromatic N) is 2. The molecule has 0 fully saturated rings. The van der Waals surface area contributed by atoms with Gasteiger partial charge in [0.15, 0.2) is 0 Å². The van der Waals surface area contributed by atoms with E-state index in [1.807, 2.05) is 0 Å². The zero-order chi connectivity index (χ0) is 15.5. The molecule has 1 heterocycles. The third-order valence-corrected chi connectivity index (χ3v) is 4.46. The van der Waals surface area contributed by atoms with E-state index in [0.29, 0.717) is 6.54 Å². The predicted octanol–water partition coefficient (Wildman–Crippen LogP) is 0.882. The third-order valence-electron chi connectivity index (χ3n) is 2.87. The minimum absolute atomic E-state index is 0.0578. The van der Waals surface area contributed by atoms with Gasteiger partial charge in [0.05, 0.1) is 18.0 Å². The summed E-state index contributed by atoms with van der Waals surface area (Å²) in [6.07, 6.45) is 3.33. The van der Waals surface area contributed by atoms with Gasteiger partial charge in [-0.05, 0) is 31.2 Å². The molecule has 0 saturated carbocycles. The van der Waals surface area contributed by atoms with Crippen LogP contribution in [0.5, 0.6) is 0 Å². The molecule has 8 heteroatoms. The van der Waals surface area contributed by atoms with Gasteiger partial charge in [-0.25, -0.2) is 17.5 Å². The zero-order valence-corrected chi connectivity index (χ0v) is 12.2. The first-order valence-corrected chi connectivity index (χ1v) is 7.80. The highest BCUT2D eigenvalue weighted by Gasteiger charge is 2.19. The van der Waals surface area contributed by atoms with E-state index < -0.39 is 28.5 Å². The number of hydrogen-bond acceptors (Lipinski definition) is 4. The Hall–Kier alpha value is -1.77. The number of aliphatic hydroxyl groups excluding tert-OH is 1. The van der Waals surface area contributed by atoms with Gasteiger partial charge >= 0.3 is 0 Å². The van der Waals surface area contributed by atoms with Crippen LogP contribution in [0.1, 0.15) is 12.5 Å². The summed E-state index contributed by atoms with van der Waals surface area (Å²) in [5.74, 6) is -0.638. The summed E-state index contributed by atoms with van der Waals surface area (Å²) in [5, 5.41) is 13.0. The molecule has 2 aromatic rings. The van der Waals surface area contributed by atoms with E-state index >= 15 is 0 Å². The molecule has 1 atom stereocenters. The maximum absolute atomic E-state index is 13.3. The topological polar surface area (TPSA) is 84.2 Å². The lowest BCUT2D eigenvalue weighted by molar-refractivity contribution is 0.275. The van der Waals surface area contributed by atoms with Crippen molar-refractivity contribution < 1.29 is 17.9 Å². The Morgan fingerprint density at radius 2 is 2.24 bits per heavy atom. The van der Waals surface area contributed by atoms with Crippen LogP contribution < -0.4 is 4.72 Å². The molecule has 2 rings (SSSR count). The molecule has 0 aliphatic heterocycles. The van der Waals surface area contributed by atoms with Crippen molar-refractivity contribution in [1.29, 1.82) is 0 Å². The van der Waals surface area contributed by atoms with Crippen LogP contribution >= 0.6 is 0 Å². The Kier molecular flexibility index (Phi) is 4.71. The zero-order valence-electron chi connectivity index (χ0n) is 11.4. The second-order valence-corrected chi connectivity index (χ2v) is 6.38. The van der Waals surface area contributed by atoms with Crippen LogP contribution in [-0.2, 0) is 23.2 Å². The Morgan fingerprint density at radius 3 is 2.86 bits per heavy atom. The Morgan fingerprint density at radius 1 is 1.48 bits per heavy atom. The molecular weight excluding hydrogens is 297 g/mol. The third kappa shape index (κ3) is 3.87. The lowest BCUT2D eigenvalue weighted by Crippen LogP contribution is -2.35. The molecule has 0 spiro atoms. The molecule has 0 saturated heterocycles. The Labute approximate surface area is 122 Å². The molecule has 114 valence electrons. The first kappa shape index (κ1) is 15.6. The van der Waals surface area contributed by atoms with Crippen LogP contribution in [0.25, 0.3) is 0 Å². The first-order valence-electron chi connectivity index (χ1n) is 6.31. The molecule has 6 nitrogen and oxygen atoms in total. The van der Waals surface area contributed by atoms with Crippen molar-refractivity contribution in [2.45, 2.75) is 31.0 Å². The number of halogens is 1. The van der Waals surface area contributed by atoms with Gasteiger partial charge in [-0.1, -0.05) is 0 Å². The number of aliphatic hydroxyl groups is 1. The number of aromatic nitrogens is 2. The van der Waals surface area contributed by atoms with Gasteiger partial charge in [-0.2, -0.15) is 5.10 Å². The summed E-state index contributed by atoms with van der Waals surface area (Å²) in [5.41, 5.74) is -0.0578. The lowest BCUT2D eigenvalue weighted by Gasteiger charge is -2.15. The number of hydrogen-bond donors (Lipinski definition) is 2. The van der Waals surface area contributed by atoms with Crippen LogP contribution in [-0.4, -0.2) is 29.3 Å². The summed E-state index contributed by atoms with van der Waals surface area (Å²) in [4.78, 5) is -0.0831. The predicted molar refractivity (Wildman–Crippen MR) is 74.3 cm³/mol. The van der Waals surface area contributed by atoms with E-state index in [4.69, 9.17) is 5.11 Å². The number of benzene rings is 1. The smallest absolute Gasteiger partial charge is 0.240 e. The van der Waals surface area contributed by atoms with Gasteiger partial charge in [-0.15, -0.1) is 0 Å². The van der Waals surface area contributed by atoms with Gasteiger partial charge in [0.1, 0.15) is 5.82 Å². The molecule has 1 unspecified atom stereocenters. The highest BCUT2D eigenvalue weighted by atomic mass is 32.2. The fourth-order valence-corrected chi connectivity index (χ4v) is 3.18. The molecule has 0 aliphatic rings. The van der Waals surface area contributed by atoms with Crippen molar-refractivity contribution in [1.82, 2.24) is 14.5 Å². The molecule has 0 aliphatic carbocycles. The molecule has 0 bridgehead atoms. The molecule has 0 radical (unpaired) electrons. The van der Waals surface area contributed by atoms with Crippen LogP contribution in [0.15, 0.2) is 41.6 Å². The minimum atomic E-state index is -3.78. The van der Waals surface area contributed by atoms with Crippen molar-refractivity contribution in [3.05, 3.63) is 48.0 Å². The maximum atomic E-state index is 13.3. The van der Waals surface area contributed by atoms with E-state index in [2.05, 4.69) is 9.82 Å². The molecule has 21 heavy (non-hydrogen) atoms. The average molecular weight is 313 g/mol. The van der Waals surface area contributed by atoms with E-state index in [-0.39, 0.29) is 10.5 Å². The van der Waals surface area contributed by atoms with Crippen molar-refractivity contribution in [3.8, 4) is 0 Å². The summed E-state index contributed by atoms with van der Waals surface area (Å²) in [6.45, 7) is 1.52. The average Bonchev–Trinajstić information content (AvgIpc) is 2.91. The quantitative estimate of drug-likeness (QED) is 0.829. The van der Waals surface area contributed by atoms with Crippen molar-refractivity contribution in [2.24, 2.45) is 0 Å². The lowest BCUT2D eigenvalue weighted by atomic mass is 10.2. The normalized spacial score (nSPS) is 13.3. The monoisotopic (exact) mass is 313 g/mol. The fourth-order valence-electron chi connectivity index (χ4n) is 1.90. The molecular formula is C13H16FN3O3S. The summed E-state index contributed by atoms with van der Waals surface area (Å²) in [7, 11) is -3.78. The first-order chi connectivity index (χ1) is 9.92. The second kappa shape index (κ2) is 6.33. The fraction of sp³-hybridized carbons (Fsp3) is 0.308. The highest BCUT2D eigenvalue weighted by Crippen LogP contribution is 2.15. The van der Waals surface area contributed by atoms with E-state index in [9.17, 15) is 12.8 Å². The molecule has 0 amide bonds. The highest BCUT2D eigenvalue weighted by molar-refractivity contribution is 7.89.